The number of hydrogen-bond acceptors (Lipinski definition) is 6. The summed E-state index contributed by atoms with van der Waals surface area (Å²) in [5.74, 6) is 1.38. The third-order valence-corrected chi connectivity index (χ3v) is 2.71. The van der Waals surface area contributed by atoms with Crippen LogP contribution in [0.3, 0.4) is 0 Å². The second kappa shape index (κ2) is 7.25. The van der Waals surface area contributed by atoms with E-state index in [1.54, 1.807) is 13.2 Å². The lowest BCUT2D eigenvalue weighted by Crippen LogP contribution is -2.25. The van der Waals surface area contributed by atoms with Crippen LogP contribution in [-0.4, -0.2) is 35.9 Å². The van der Waals surface area contributed by atoms with E-state index >= 15 is 0 Å². The fraction of sp³-hybridized carbons (Fsp3) is 0.692. The third-order valence-electron chi connectivity index (χ3n) is 2.71. The van der Waals surface area contributed by atoms with Crippen molar-refractivity contribution in [2.45, 2.75) is 39.4 Å². The Labute approximate surface area is 114 Å². The summed E-state index contributed by atoms with van der Waals surface area (Å²) in [4.78, 5) is 8.32. The summed E-state index contributed by atoms with van der Waals surface area (Å²) in [5.41, 5.74) is 5.49. The first kappa shape index (κ1) is 15.7. The van der Waals surface area contributed by atoms with Crippen LogP contribution in [0.1, 0.15) is 33.0 Å². The third kappa shape index (κ3) is 5.85. The highest BCUT2D eigenvalue weighted by Gasteiger charge is 2.16. The maximum absolute atomic E-state index is 5.70. The number of nitrogen functional groups attached to an aromatic ring is 1. The van der Waals surface area contributed by atoms with Crippen LogP contribution < -0.4 is 10.5 Å². The van der Waals surface area contributed by atoms with Crippen molar-refractivity contribution in [2.24, 2.45) is 0 Å². The van der Waals surface area contributed by atoms with Gasteiger partial charge in [0.2, 0.25) is 5.88 Å². The summed E-state index contributed by atoms with van der Waals surface area (Å²) < 4.78 is 16.1. The van der Waals surface area contributed by atoms with Crippen LogP contribution in [0.4, 0.5) is 5.82 Å². The summed E-state index contributed by atoms with van der Waals surface area (Å²) in [6, 6.07) is 1.61. The Bertz CT molecular complexity index is 397. The molecule has 6 nitrogen and oxygen atoms in total. The van der Waals surface area contributed by atoms with E-state index in [0.717, 1.165) is 6.42 Å². The lowest BCUT2D eigenvalue weighted by molar-refractivity contribution is 0.00502. The molecule has 19 heavy (non-hydrogen) atoms. The summed E-state index contributed by atoms with van der Waals surface area (Å²) in [7, 11) is 1.68. The molecule has 2 N–H and O–H groups in total. The van der Waals surface area contributed by atoms with Gasteiger partial charge >= 0.3 is 0 Å². The van der Waals surface area contributed by atoms with Crippen LogP contribution >= 0.6 is 0 Å². The molecule has 1 aromatic rings. The summed E-state index contributed by atoms with van der Waals surface area (Å²) in [6.45, 7) is 7.37. The van der Waals surface area contributed by atoms with Gasteiger partial charge in [0, 0.05) is 26.2 Å². The molecule has 0 aromatic carbocycles. The van der Waals surface area contributed by atoms with Crippen molar-refractivity contribution in [2.75, 3.05) is 26.1 Å². The SMILES string of the molecule is CCOCc1nc(N)cc(OCCC(C)(C)OC)n1. The normalized spacial score (nSPS) is 11.6. The van der Waals surface area contributed by atoms with Crippen LogP contribution in [0.25, 0.3) is 0 Å². The van der Waals surface area contributed by atoms with E-state index in [4.69, 9.17) is 19.9 Å². The van der Waals surface area contributed by atoms with Gasteiger partial charge in [0.15, 0.2) is 5.82 Å². The maximum atomic E-state index is 5.70. The Morgan fingerprint density at radius 2 is 2.05 bits per heavy atom. The topological polar surface area (TPSA) is 79.5 Å². The van der Waals surface area contributed by atoms with Gasteiger partial charge in [-0.15, -0.1) is 0 Å². The van der Waals surface area contributed by atoms with Gasteiger partial charge in [0.1, 0.15) is 12.4 Å². The van der Waals surface area contributed by atoms with Gasteiger partial charge in [-0.25, -0.2) is 4.98 Å². The van der Waals surface area contributed by atoms with Crippen LogP contribution in [-0.2, 0) is 16.1 Å². The zero-order chi connectivity index (χ0) is 14.3. The fourth-order valence-corrected chi connectivity index (χ4v) is 1.33. The van der Waals surface area contributed by atoms with Gasteiger partial charge in [0.05, 0.1) is 12.2 Å². The molecule has 1 aromatic heterocycles. The molecule has 0 bridgehead atoms. The molecule has 0 atom stereocenters. The van der Waals surface area contributed by atoms with Gasteiger partial charge in [0.25, 0.3) is 0 Å². The molecule has 0 spiro atoms. The number of nitrogens with two attached hydrogens (primary N) is 1. The molecule has 0 saturated heterocycles. The summed E-state index contributed by atoms with van der Waals surface area (Å²) in [6.07, 6.45) is 0.758. The highest BCUT2D eigenvalue weighted by Crippen LogP contribution is 2.16. The van der Waals surface area contributed by atoms with Crippen molar-refractivity contribution >= 4 is 5.82 Å². The molecule has 0 saturated carbocycles. The van der Waals surface area contributed by atoms with Crippen LogP contribution in [0, 0.1) is 0 Å². The van der Waals surface area contributed by atoms with E-state index < -0.39 is 0 Å². The molecule has 108 valence electrons. The van der Waals surface area contributed by atoms with E-state index in [1.165, 1.54) is 0 Å². The first-order chi connectivity index (χ1) is 8.96. The predicted molar refractivity (Wildman–Crippen MR) is 73.0 cm³/mol. The smallest absolute Gasteiger partial charge is 0.218 e. The van der Waals surface area contributed by atoms with Crippen LogP contribution in [0.15, 0.2) is 6.07 Å². The summed E-state index contributed by atoms with van der Waals surface area (Å²) in [5, 5.41) is 0. The van der Waals surface area contributed by atoms with Gasteiger partial charge in [-0.3, -0.25) is 0 Å². The highest BCUT2D eigenvalue weighted by molar-refractivity contribution is 5.32. The molecular formula is C13H23N3O3. The lowest BCUT2D eigenvalue weighted by Gasteiger charge is -2.22. The van der Waals surface area contributed by atoms with E-state index in [0.29, 0.717) is 37.3 Å². The average molecular weight is 269 g/mol. The minimum absolute atomic E-state index is 0.216. The monoisotopic (exact) mass is 269 g/mol. The molecule has 0 aliphatic rings. The Hall–Kier alpha value is -1.40. The Kier molecular flexibility index (Phi) is 5.98. The maximum Gasteiger partial charge on any atom is 0.218 e. The zero-order valence-electron chi connectivity index (χ0n) is 12.1. The number of anilines is 1. The Morgan fingerprint density at radius 3 is 2.68 bits per heavy atom. The van der Waals surface area contributed by atoms with Gasteiger partial charge in [-0.1, -0.05) is 0 Å². The molecule has 0 aliphatic heterocycles. The molecule has 1 rings (SSSR count). The largest absolute Gasteiger partial charge is 0.477 e. The van der Waals surface area contributed by atoms with Crippen molar-refractivity contribution in [3.63, 3.8) is 0 Å². The average Bonchev–Trinajstić information content (AvgIpc) is 2.35. The van der Waals surface area contributed by atoms with E-state index in [1.807, 2.05) is 20.8 Å². The van der Waals surface area contributed by atoms with Crippen molar-refractivity contribution < 1.29 is 14.2 Å². The fourth-order valence-electron chi connectivity index (χ4n) is 1.33. The number of aromatic nitrogens is 2. The van der Waals surface area contributed by atoms with Gasteiger partial charge < -0.3 is 19.9 Å². The first-order valence-electron chi connectivity index (χ1n) is 6.36. The van der Waals surface area contributed by atoms with Crippen molar-refractivity contribution in [3.8, 4) is 5.88 Å². The van der Waals surface area contributed by atoms with Gasteiger partial charge in [-0.05, 0) is 20.8 Å². The van der Waals surface area contributed by atoms with E-state index in [2.05, 4.69) is 9.97 Å². The minimum atomic E-state index is -0.216. The molecular weight excluding hydrogens is 246 g/mol. The molecule has 0 radical (unpaired) electrons. The number of rotatable bonds is 8. The number of methoxy groups -OCH3 is 1. The second-order valence-electron chi connectivity index (χ2n) is 4.75. The Balaban J connectivity index is 2.55. The quantitative estimate of drug-likeness (QED) is 0.775. The molecule has 0 unspecified atom stereocenters. The number of ether oxygens (including phenoxy) is 3. The van der Waals surface area contributed by atoms with Crippen molar-refractivity contribution in [3.05, 3.63) is 11.9 Å². The highest BCUT2D eigenvalue weighted by atomic mass is 16.5. The van der Waals surface area contributed by atoms with Gasteiger partial charge in [-0.2, -0.15) is 4.98 Å². The molecule has 0 aliphatic carbocycles. The predicted octanol–water partition coefficient (Wildman–Crippen LogP) is 1.79. The van der Waals surface area contributed by atoms with Crippen molar-refractivity contribution in [1.29, 1.82) is 0 Å². The first-order valence-corrected chi connectivity index (χ1v) is 6.36. The van der Waals surface area contributed by atoms with Crippen LogP contribution in [0.2, 0.25) is 0 Å². The second-order valence-corrected chi connectivity index (χ2v) is 4.75. The molecule has 0 fully saturated rings. The van der Waals surface area contributed by atoms with Crippen LogP contribution in [0.5, 0.6) is 5.88 Å². The molecule has 1 heterocycles. The lowest BCUT2D eigenvalue weighted by atomic mass is 10.1. The standard InChI is InChI=1S/C13H23N3O3/c1-5-18-9-11-15-10(14)8-12(16-11)19-7-6-13(2,3)17-4/h8H,5-7,9H2,1-4H3,(H2,14,15,16). The number of nitrogens with zero attached hydrogens (tertiary/aromatic N) is 2. The number of hydrogen-bond donors (Lipinski definition) is 1. The zero-order valence-corrected chi connectivity index (χ0v) is 12.1. The van der Waals surface area contributed by atoms with E-state index in [-0.39, 0.29) is 5.60 Å². The minimum Gasteiger partial charge on any atom is -0.477 e. The van der Waals surface area contributed by atoms with Crippen molar-refractivity contribution in [1.82, 2.24) is 9.97 Å². The molecule has 0 amide bonds. The Morgan fingerprint density at radius 1 is 1.32 bits per heavy atom. The molecule has 6 heteroatoms. The summed E-state index contributed by atoms with van der Waals surface area (Å²) >= 11 is 0. The van der Waals surface area contributed by atoms with E-state index in [9.17, 15) is 0 Å².